The number of nitrogens with zero attached hydrogens (tertiary/aromatic N) is 3. The Labute approximate surface area is 151 Å². The zero-order chi connectivity index (χ0) is 19.1. The van der Waals surface area contributed by atoms with Gasteiger partial charge in [0, 0.05) is 13.0 Å². The smallest absolute Gasteiger partial charge is 0.309 e. The molecule has 0 aliphatic heterocycles. The largest absolute Gasteiger partial charge is 0.493 e. The van der Waals surface area contributed by atoms with E-state index < -0.39 is 4.92 Å². The zero-order valence-corrected chi connectivity index (χ0v) is 15.0. The number of nitro groups is 1. The van der Waals surface area contributed by atoms with E-state index in [2.05, 4.69) is 10.4 Å². The zero-order valence-electron chi connectivity index (χ0n) is 15.0. The van der Waals surface area contributed by atoms with Gasteiger partial charge in [-0.3, -0.25) is 19.6 Å². The molecule has 0 saturated heterocycles. The van der Waals surface area contributed by atoms with Gasteiger partial charge in [-0.05, 0) is 31.0 Å². The topological polar surface area (TPSA) is 109 Å². The first-order valence-electron chi connectivity index (χ1n) is 8.10. The van der Waals surface area contributed by atoms with E-state index in [1.807, 2.05) is 18.2 Å². The molecule has 1 aromatic carbocycles. The Morgan fingerprint density at radius 2 is 2.04 bits per heavy atom. The van der Waals surface area contributed by atoms with E-state index in [4.69, 9.17) is 9.47 Å². The lowest BCUT2D eigenvalue weighted by atomic mass is 10.1. The van der Waals surface area contributed by atoms with E-state index in [0.717, 1.165) is 5.56 Å². The molecule has 0 aliphatic rings. The van der Waals surface area contributed by atoms with Crippen LogP contribution in [-0.2, 0) is 17.8 Å². The van der Waals surface area contributed by atoms with Crippen molar-refractivity contribution >= 4 is 11.6 Å². The maximum Gasteiger partial charge on any atom is 0.309 e. The molecular weight excluding hydrogens is 340 g/mol. The van der Waals surface area contributed by atoms with Crippen LogP contribution < -0.4 is 14.8 Å². The van der Waals surface area contributed by atoms with Crippen molar-refractivity contribution in [3.63, 3.8) is 0 Å². The average molecular weight is 362 g/mol. The molecule has 9 nitrogen and oxygen atoms in total. The van der Waals surface area contributed by atoms with Crippen molar-refractivity contribution in [2.45, 2.75) is 26.3 Å². The number of amides is 1. The molecule has 0 fully saturated rings. The minimum Gasteiger partial charge on any atom is -0.493 e. The molecule has 1 amide bonds. The second-order valence-electron chi connectivity index (χ2n) is 5.63. The van der Waals surface area contributed by atoms with Crippen molar-refractivity contribution in [3.8, 4) is 11.5 Å². The number of ether oxygens (including phenoxy) is 2. The highest BCUT2D eigenvalue weighted by Crippen LogP contribution is 2.27. The van der Waals surface area contributed by atoms with Crippen LogP contribution in [0, 0.1) is 17.0 Å². The van der Waals surface area contributed by atoms with Crippen LogP contribution in [-0.4, -0.2) is 41.4 Å². The van der Waals surface area contributed by atoms with Gasteiger partial charge in [-0.15, -0.1) is 0 Å². The maximum absolute atomic E-state index is 12.0. The minimum absolute atomic E-state index is 0.0427. The van der Waals surface area contributed by atoms with Crippen LogP contribution in [0.25, 0.3) is 0 Å². The van der Waals surface area contributed by atoms with Gasteiger partial charge in [-0.25, -0.2) is 0 Å². The highest BCUT2D eigenvalue weighted by molar-refractivity contribution is 5.75. The lowest BCUT2D eigenvalue weighted by Gasteiger charge is -2.10. The summed E-state index contributed by atoms with van der Waals surface area (Å²) in [6, 6.07) is 5.61. The molecule has 0 unspecified atom stereocenters. The van der Waals surface area contributed by atoms with Crippen LogP contribution in [0.4, 0.5) is 5.69 Å². The summed E-state index contributed by atoms with van der Waals surface area (Å²) in [6.45, 7) is 2.38. The number of aryl methyl sites for hydroxylation is 1. The number of methoxy groups -OCH3 is 2. The second kappa shape index (κ2) is 8.84. The molecule has 26 heavy (non-hydrogen) atoms. The molecule has 1 aromatic heterocycles. The first-order valence-corrected chi connectivity index (χ1v) is 8.10. The molecule has 0 saturated carbocycles. The van der Waals surface area contributed by atoms with Gasteiger partial charge in [0.25, 0.3) is 0 Å². The quantitative estimate of drug-likeness (QED) is 0.539. The summed E-state index contributed by atoms with van der Waals surface area (Å²) in [5.41, 5.74) is 1.41. The Morgan fingerprint density at radius 3 is 2.65 bits per heavy atom. The van der Waals surface area contributed by atoms with Crippen molar-refractivity contribution in [1.82, 2.24) is 15.1 Å². The third kappa shape index (κ3) is 4.71. The Hall–Kier alpha value is -3.10. The fourth-order valence-electron chi connectivity index (χ4n) is 2.52. The van der Waals surface area contributed by atoms with E-state index in [-0.39, 0.29) is 18.0 Å². The fourth-order valence-corrected chi connectivity index (χ4v) is 2.52. The number of benzene rings is 1. The Kier molecular flexibility index (Phi) is 6.54. The third-order valence-corrected chi connectivity index (χ3v) is 4.01. The van der Waals surface area contributed by atoms with Gasteiger partial charge in [0.2, 0.25) is 5.91 Å². The molecule has 9 heteroatoms. The summed E-state index contributed by atoms with van der Waals surface area (Å²) in [4.78, 5) is 22.3. The first kappa shape index (κ1) is 19.2. The van der Waals surface area contributed by atoms with E-state index in [9.17, 15) is 14.9 Å². The Balaban J connectivity index is 1.80. The molecule has 1 heterocycles. The number of hydrogen-bond acceptors (Lipinski definition) is 6. The van der Waals surface area contributed by atoms with Gasteiger partial charge in [0.15, 0.2) is 11.5 Å². The SMILES string of the molecule is COc1ccc(CCNC(=O)CCn2ncc([N+](=O)[O-])c2C)cc1OC. The van der Waals surface area contributed by atoms with Crippen LogP contribution in [0.5, 0.6) is 11.5 Å². The second-order valence-corrected chi connectivity index (χ2v) is 5.63. The van der Waals surface area contributed by atoms with Gasteiger partial charge in [-0.2, -0.15) is 5.10 Å². The van der Waals surface area contributed by atoms with Crippen LogP contribution in [0.3, 0.4) is 0 Å². The number of carbonyl (C=O) groups excluding carboxylic acids is 1. The fraction of sp³-hybridized carbons (Fsp3) is 0.412. The molecule has 0 aliphatic carbocycles. The first-order chi connectivity index (χ1) is 12.5. The van der Waals surface area contributed by atoms with E-state index >= 15 is 0 Å². The summed E-state index contributed by atoms with van der Waals surface area (Å²) in [5, 5.41) is 17.6. The van der Waals surface area contributed by atoms with E-state index in [1.54, 1.807) is 21.1 Å². The highest BCUT2D eigenvalue weighted by Gasteiger charge is 2.16. The molecular formula is C17H22N4O5. The monoisotopic (exact) mass is 362 g/mol. The summed E-state index contributed by atoms with van der Waals surface area (Å²) in [5.74, 6) is 1.17. The van der Waals surface area contributed by atoms with Gasteiger partial charge in [-0.1, -0.05) is 6.07 Å². The van der Waals surface area contributed by atoms with Crippen LogP contribution >= 0.6 is 0 Å². The molecule has 1 N–H and O–H groups in total. The molecule has 0 radical (unpaired) electrons. The Morgan fingerprint density at radius 1 is 1.31 bits per heavy atom. The molecule has 0 atom stereocenters. The average Bonchev–Trinajstić information content (AvgIpc) is 3.00. The standard InChI is InChI=1S/C17H22N4O5/c1-12-14(21(23)24)11-19-20(12)9-7-17(22)18-8-6-13-4-5-15(25-2)16(10-13)26-3/h4-5,10-11H,6-9H2,1-3H3,(H,18,22). The highest BCUT2D eigenvalue weighted by atomic mass is 16.6. The molecule has 2 rings (SSSR count). The van der Waals surface area contributed by atoms with Crippen molar-refractivity contribution < 1.29 is 19.2 Å². The van der Waals surface area contributed by atoms with Crippen molar-refractivity contribution in [2.75, 3.05) is 20.8 Å². The molecule has 0 bridgehead atoms. The number of carbonyl (C=O) groups is 1. The van der Waals surface area contributed by atoms with Gasteiger partial charge < -0.3 is 14.8 Å². The lowest BCUT2D eigenvalue weighted by molar-refractivity contribution is -0.385. The number of rotatable bonds is 9. The predicted molar refractivity (Wildman–Crippen MR) is 94.5 cm³/mol. The lowest BCUT2D eigenvalue weighted by Crippen LogP contribution is -2.26. The predicted octanol–water partition coefficient (Wildman–Crippen LogP) is 1.87. The maximum atomic E-state index is 12.0. The van der Waals surface area contributed by atoms with Crippen molar-refractivity contribution in [2.24, 2.45) is 0 Å². The molecule has 2 aromatic rings. The molecule has 0 spiro atoms. The minimum atomic E-state index is -0.484. The summed E-state index contributed by atoms with van der Waals surface area (Å²) in [6.07, 6.45) is 2.05. The summed E-state index contributed by atoms with van der Waals surface area (Å²) >= 11 is 0. The van der Waals surface area contributed by atoms with Crippen LogP contribution in [0.2, 0.25) is 0 Å². The van der Waals surface area contributed by atoms with E-state index in [0.29, 0.717) is 36.7 Å². The van der Waals surface area contributed by atoms with Crippen LogP contribution in [0.15, 0.2) is 24.4 Å². The van der Waals surface area contributed by atoms with E-state index in [1.165, 1.54) is 10.9 Å². The van der Waals surface area contributed by atoms with Gasteiger partial charge in [0.1, 0.15) is 11.9 Å². The van der Waals surface area contributed by atoms with Gasteiger partial charge in [0.05, 0.1) is 25.7 Å². The third-order valence-electron chi connectivity index (χ3n) is 4.01. The van der Waals surface area contributed by atoms with Gasteiger partial charge >= 0.3 is 5.69 Å². The summed E-state index contributed by atoms with van der Waals surface area (Å²) in [7, 11) is 3.15. The Bertz CT molecular complexity index is 787. The summed E-state index contributed by atoms with van der Waals surface area (Å²) < 4.78 is 11.9. The normalized spacial score (nSPS) is 10.4. The number of hydrogen-bond donors (Lipinski definition) is 1. The molecule has 140 valence electrons. The van der Waals surface area contributed by atoms with Crippen molar-refractivity contribution in [1.29, 1.82) is 0 Å². The number of aromatic nitrogens is 2. The van der Waals surface area contributed by atoms with Crippen LogP contribution in [0.1, 0.15) is 17.7 Å². The van der Waals surface area contributed by atoms with Crippen molar-refractivity contribution in [3.05, 3.63) is 45.8 Å². The number of nitrogens with one attached hydrogen (secondary N) is 1.